The summed E-state index contributed by atoms with van der Waals surface area (Å²) in [5, 5.41) is 14.2. The number of hydrogen-bond acceptors (Lipinski definition) is 3. The first-order valence-corrected chi connectivity index (χ1v) is 5.82. The van der Waals surface area contributed by atoms with Crippen molar-refractivity contribution in [1.29, 1.82) is 5.26 Å². The molecule has 0 fully saturated rings. The topological polar surface area (TPSA) is 35.8 Å². The van der Waals surface area contributed by atoms with E-state index in [0.717, 1.165) is 6.42 Å². The van der Waals surface area contributed by atoms with Gasteiger partial charge < -0.3 is 5.32 Å². The third-order valence-corrected chi connectivity index (χ3v) is 3.34. The molecule has 0 saturated heterocycles. The van der Waals surface area contributed by atoms with Crippen molar-refractivity contribution in [3.05, 3.63) is 22.4 Å². The van der Waals surface area contributed by atoms with Crippen molar-refractivity contribution in [1.82, 2.24) is 5.32 Å². The molecule has 0 aromatic carbocycles. The maximum atomic E-state index is 8.62. The molecule has 0 amide bonds. The number of thiophene rings is 1. The molecule has 2 nitrogen and oxygen atoms in total. The minimum absolute atomic E-state index is 0.317. The quantitative estimate of drug-likeness (QED) is 0.807. The molecule has 0 bridgehead atoms. The van der Waals surface area contributed by atoms with Crippen LogP contribution in [-0.2, 0) is 0 Å². The molecule has 0 aliphatic carbocycles. The molecular weight excluding hydrogens is 192 g/mol. The van der Waals surface area contributed by atoms with Gasteiger partial charge in [-0.25, -0.2) is 0 Å². The second kappa shape index (κ2) is 5.79. The van der Waals surface area contributed by atoms with Crippen LogP contribution < -0.4 is 5.32 Å². The summed E-state index contributed by atoms with van der Waals surface area (Å²) >= 11 is 1.76. The van der Waals surface area contributed by atoms with Crippen molar-refractivity contribution in [2.45, 2.75) is 38.8 Å². The molecule has 0 spiro atoms. The zero-order valence-electron chi connectivity index (χ0n) is 8.66. The van der Waals surface area contributed by atoms with Crippen LogP contribution >= 0.6 is 11.3 Å². The normalized spacial score (nSPS) is 14.6. The van der Waals surface area contributed by atoms with Crippen LogP contribution in [0.2, 0.25) is 0 Å². The van der Waals surface area contributed by atoms with E-state index in [1.807, 2.05) is 0 Å². The van der Waals surface area contributed by atoms with Gasteiger partial charge in [-0.15, -0.1) is 11.3 Å². The molecule has 3 heteroatoms. The molecule has 0 aliphatic rings. The largest absolute Gasteiger partial charge is 0.306 e. The first-order valence-electron chi connectivity index (χ1n) is 4.94. The minimum atomic E-state index is 0.317. The van der Waals surface area contributed by atoms with E-state index >= 15 is 0 Å². The molecule has 1 N–H and O–H groups in total. The number of rotatable bonds is 5. The van der Waals surface area contributed by atoms with Crippen LogP contribution in [0, 0.1) is 11.3 Å². The maximum Gasteiger partial charge on any atom is 0.0638 e. The Hall–Kier alpha value is -0.850. The zero-order chi connectivity index (χ0) is 10.4. The molecule has 1 aromatic heterocycles. The highest BCUT2D eigenvalue weighted by atomic mass is 32.1. The fourth-order valence-electron chi connectivity index (χ4n) is 1.40. The summed E-state index contributed by atoms with van der Waals surface area (Å²) in [7, 11) is 0. The molecule has 0 radical (unpaired) electrons. The second-order valence-corrected chi connectivity index (χ2v) is 4.35. The van der Waals surface area contributed by atoms with Gasteiger partial charge in [-0.3, -0.25) is 0 Å². The van der Waals surface area contributed by atoms with Gasteiger partial charge in [-0.05, 0) is 24.8 Å². The van der Waals surface area contributed by atoms with Crippen LogP contribution in [0.1, 0.15) is 37.6 Å². The Morgan fingerprint density at radius 2 is 2.43 bits per heavy atom. The standard InChI is InChI=1S/C11H16N2S/c1-3-10(6-7-12)13-9(2)11-5-4-8-14-11/h4-5,8-10,13H,3,6H2,1-2H3/t9-,10?/m1/s1. The summed E-state index contributed by atoms with van der Waals surface area (Å²) < 4.78 is 0. The average molecular weight is 208 g/mol. The summed E-state index contributed by atoms with van der Waals surface area (Å²) in [5.41, 5.74) is 0. The van der Waals surface area contributed by atoms with Crippen LogP contribution in [0.4, 0.5) is 0 Å². The first kappa shape index (κ1) is 11.2. The van der Waals surface area contributed by atoms with Crippen LogP contribution in [0.25, 0.3) is 0 Å². The Morgan fingerprint density at radius 1 is 1.64 bits per heavy atom. The van der Waals surface area contributed by atoms with E-state index in [2.05, 4.69) is 42.7 Å². The Bertz CT molecular complexity index is 287. The third kappa shape index (κ3) is 3.13. The lowest BCUT2D eigenvalue weighted by atomic mass is 10.1. The van der Waals surface area contributed by atoms with Gasteiger partial charge in [0.1, 0.15) is 0 Å². The summed E-state index contributed by atoms with van der Waals surface area (Å²) in [6.07, 6.45) is 1.59. The Morgan fingerprint density at radius 3 is 2.93 bits per heavy atom. The lowest BCUT2D eigenvalue weighted by Gasteiger charge is -2.19. The maximum absolute atomic E-state index is 8.62. The molecule has 76 valence electrons. The molecule has 14 heavy (non-hydrogen) atoms. The molecule has 1 heterocycles. The van der Waals surface area contributed by atoms with Crippen LogP contribution in [0.15, 0.2) is 17.5 Å². The fraction of sp³-hybridized carbons (Fsp3) is 0.545. The van der Waals surface area contributed by atoms with Crippen LogP contribution in [0.3, 0.4) is 0 Å². The second-order valence-electron chi connectivity index (χ2n) is 3.37. The van der Waals surface area contributed by atoms with Gasteiger partial charge in [-0.2, -0.15) is 5.26 Å². The van der Waals surface area contributed by atoms with Crippen molar-refractivity contribution in [2.24, 2.45) is 0 Å². The molecule has 1 rings (SSSR count). The van der Waals surface area contributed by atoms with Gasteiger partial charge in [0.15, 0.2) is 0 Å². The molecular formula is C11H16N2S. The Kier molecular flexibility index (Phi) is 4.64. The summed E-state index contributed by atoms with van der Waals surface area (Å²) in [6, 6.07) is 7.07. The summed E-state index contributed by atoms with van der Waals surface area (Å²) in [5.74, 6) is 0. The highest BCUT2D eigenvalue weighted by Crippen LogP contribution is 2.19. The van der Waals surface area contributed by atoms with Crippen molar-refractivity contribution in [2.75, 3.05) is 0 Å². The number of nitrogens with zero attached hydrogens (tertiary/aromatic N) is 1. The smallest absolute Gasteiger partial charge is 0.0638 e. The summed E-state index contributed by atoms with van der Waals surface area (Å²) in [6.45, 7) is 4.25. The van der Waals surface area contributed by atoms with E-state index in [4.69, 9.17) is 5.26 Å². The van der Waals surface area contributed by atoms with Gasteiger partial charge in [0, 0.05) is 17.0 Å². The van der Waals surface area contributed by atoms with Crippen LogP contribution in [0.5, 0.6) is 0 Å². The van der Waals surface area contributed by atoms with E-state index in [9.17, 15) is 0 Å². The third-order valence-electron chi connectivity index (χ3n) is 2.29. The van der Waals surface area contributed by atoms with Gasteiger partial charge in [0.05, 0.1) is 12.5 Å². The molecule has 0 aliphatic heterocycles. The van der Waals surface area contributed by atoms with Gasteiger partial charge in [0.2, 0.25) is 0 Å². The predicted molar refractivity (Wildman–Crippen MR) is 60.2 cm³/mol. The van der Waals surface area contributed by atoms with Crippen LogP contribution in [-0.4, -0.2) is 6.04 Å². The monoisotopic (exact) mass is 208 g/mol. The van der Waals surface area contributed by atoms with Crippen molar-refractivity contribution in [3.8, 4) is 6.07 Å². The van der Waals surface area contributed by atoms with Gasteiger partial charge in [-0.1, -0.05) is 13.0 Å². The first-order chi connectivity index (χ1) is 6.77. The highest BCUT2D eigenvalue weighted by molar-refractivity contribution is 7.10. The van der Waals surface area contributed by atoms with Crippen molar-refractivity contribution in [3.63, 3.8) is 0 Å². The number of hydrogen-bond donors (Lipinski definition) is 1. The SMILES string of the molecule is CCC(CC#N)N[C@H](C)c1cccs1. The van der Waals surface area contributed by atoms with E-state index < -0.39 is 0 Å². The van der Waals surface area contributed by atoms with E-state index in [-0.39, 0.29) is 0 Å². The fourth-order valence-corrected chi connectivity index (χ4v) is 2.15. The minimum Gasteiger partial charge on any atom is -0.306 e. The lowest BCUT2D eigenvalue weighted by Crippen LogP contribution is -2.30. The van der Waals surface area contributed by atoms with Crippen molar-refractivity contribution < 1.29 is 0 Å². The Balaban J connectivity index is 2.47. The average Bonchev–Trinajstić information content (AvgIpc) is 2.69. The summed E-state index contributed by atoms with van der Waals surface area (Å²) in [4.78, 5) is 1.33. The van der Waals surface area contributed by atoms with E-state index in [1.165, 1.54) is 4.88 Å². The van der Waals surface area contributed by atoms with Gasteiger partial charge >= 0.3 is 0 Å². The molecule has 2 atom stereocenters. The molecule has 0 saturated carbocycles. The number of nitriles is 1. The highest BCUT2D eigenvalue weighted by Gasteiger charge is 2.11. The number of nitrogens with one attached hydrogen (secondary N) is 1. The van der Waals surface area contributed by atoms with Gasteiger partial charge in [0.25, 0.3) is 0 Å². The zero-order valence-corrected chi connectivity index (χ0v) is 9.47. The molecule has 1 unspecified atom stereocenters. The Labute approximate surface area is 89.6 Å². The van der Waals surface area contributed by atoms with Crippen molar-refractivity contribution >= 4 is 11.3 Å². The lowest BCUT2D eigenvalue weighted by molar-refractivity contribution is 0.452. The van der Waals surface area contributed by atoms with E-state index in [0.29, 0.717) is 18.5 Å². The van der Waals surface area contributed by atoms with E-state index in [1.54, 1.807) is 11.3 Å². The molecule has 1 aromatic rings. The predicted octanol–water partition coefficient (Wildman–Crippen LogP) is 3.09.